The van der Waals surface area contributed by atoms with Crippen molar-refractivity contribution in [3.05, 3.63) is 71.8 Å². The third-order valence-electron chi connectivity index (χ3n) is 3.79. The summed E-state index contributed by atoms with van der Waals surface area (Å²) < 4.78 is 29.6. The topological polar surface area (TPSA) is 114 Å². The van der Waals surface area contributed by atoms with E-state index in [-0.39, 0.29) is 13.2 Å². The van der Waals surface area contributed by atoms with Crippen molar-refractivity contribution in [2.24, 2.45) is 0 Å². The number of ether oxygens (including phenoxy) is 2. The van der Waals surface area contributed by atoms with Crippen LogP contribution in [0.25, 0.3) is 0 Å². The minimum absolute atomic E-state index is 0.0306. The van der Waals surface area contributed by atoms with Crippen LogP contribution in [0.4, 0.5) is 0 Å². The SMILES string of the molecule is CS(=N)(=O)C[C@@](O)(CC(=O)OCc1ccccc1)C(=O)OCc1ccccc1. The molecular formula is C20H23NO6S. The van der Waals surface area contributed by atoms with Gasteiger partial charge in [0.2, 0.25) is 0 Å². The number of nitrogens with one attached hydrogen (secondary N) is 1. The quantitative estimate of drug-likeness (QED) is 0.619. The van der Waals surface area contributed by atoms with E-state index in [0.29, 0.717) is 5.56 Å². The molecule has 2 atom stereocenters. The lowest BCUT2D eigenvalue weighted by Crippen LogP contribution is -2.47. The molecule has 7 nitrogen and oxygen atoms in total. The first-order valence-electron chi connectivity index (χ1n) is 8.52. The van der Waals surface area contributed by atoms with Gasteiger partial charge in [-0.3, -0.25) is 13.8 Å². The molecule has 0 saturated carbocycles. The van der Waals surface area contributed by atoms with E-state index >= 15 is 0 Å². The van der Waals surface area contributed by atoms with Crippen molar-refractivity contribution in [3.8, 4) is 0 Å². The van der Waals surface area contributed by atoms with E-state index in [9.17, 15) is 18.9 Å². The summed E-state index contributed by atoms with van der Waals surface area (Å²) in [4.78, 5) is 24.6. The van der Waals surface area contributed by atoms with Gasteiger partial charge in [-0.25, -0.2) is 4.79 Å². The summed E-state index contributed by atoms with van der Waals surface area (Å²) in [5.74, 6) is -2.70. The molecule has 0 aliphatic heterocycles. The molecule has 0 heterocycles. The van der Waals surface area contributed by atoms with Gasteiger partial charge in [0.15, 0.2) is 5.60 Å². The van der Waals surface area contributed by atoms with E-state index in [4.69, 9.17) is 14.3 Å². The molecule has 2 aromatic carbocycles. The highest BCUT2D eigenvalue weighted by molar-refractivity contribution is 7.91. The number of esters is 2. The van der Waals surface area contributed by atoms with Gasteiger partial charge in [-0.05, 0) is 11.1 Å². The average Bonchev–Trinajstić information content (AvgIpc) is 2.64. The van der Waals surface area contributed by atoms with Crippen LogP contribution in [0.5, 0.6) is 0 Å². The minimum Gasteiger partial charge on any atom is -0.461 e. The number of carbonyl (C=O) groups is 2. The Morgan fingerprint density at radius 1 is 0.964 bits per heavy atom. The molecule has 0 aliphatic rings. The van der Waals surface area contributed by atoms with E-state index < -0.39 is 39.4 Å². The van der Waals surface area contributed by atoms with Gasteiger partial charge in [-0.15, -0.1) is 0 Å². The first-order valence-corrected chi connectivity index (χ1v) is 10.7. The molecule has 0 saturated heterocycles. The molecule has 28 heavy (non-hydrogen) atoms. The molecule has 0 amide bonds. The Kier molecular flexibility index (Phi) is 7.31. The predicted octanol–water partition coefficient (Wildman–Crippen LogP) is 2.27. The second-order valence-electron chi connectivity index (χ2n) is 6.57. The van der Waals surface area contributed by atoms with Gasteiger partial charge < -0.3 is 14.6 Å². The molecule has 0 aliphatic carbocycles. The van der Waals surface area contributed by atoms with Gasteiger partial charge in [0.05, 0.1) is 12.2 Å². The second kappa shape index (κ2) is 9.48. The zero-order valence-electron chi connectivity index (χ0n) is 15.5. The molecular weight excluding hydrogens is 382 g/mol. The highest BCUT2D eigenvalue weighted by Gasteiger charge is 2.43. The van der Waals surface area contributed by atoms with Crippen molar-refractivity contribution in [2.45, 2.75) is 25.2 Å². The number of hydrogen-bond donors (Lipinski definition) is 2. The van der Waals surface area contributed by atoms with Gasteiger partial charge in [0.25, 0.3) is 0 Å². The van der Waals surface area contributed by atoms with Crippen LogP contribution < -0.4 is 0 Å². The van der Waals surface area contributed by atoms with Crippen molar-refractivity contribution in [2.75, 3.05) is 12.0 Å². The molecule has 0 aromatic heterocycles. The maximum atomic E-state index is 12.4. The fourth-order valence-corrected chi connectivity index (χ4v) is 3.65. The Labute approximate surface area is 164 Å². The number of rotatable bonds is 9. The smallest absolute Gasteiger partial charge is 0.340 e. The molecule has 2 N–H and O–H groups in total. The standard InChI is InChI=1S/C20H23NO6S/c1-28(21,25)15-20(24,19(23)27-14-17-10-6-3-7-11-17)12-18(22)26-13-16-8-4-2-5-9-16/h2-11,21,24H,12-15H2,1H3/t20-,28?/m0/s1. The highest BCUT2D eigenvalue weighted by Crippen LogP contribution is 2.19. The normalized spacial score (nSPS) is 15.1. The van der Waals surface area contributed by atoms with Gasteiger partial charge in [-0.1, -0.05) is 60.7 Å². The van der Waals surface area contributed by atoms with Crippen molar-refractivity contribution < 1.29 is 28.4 Å². The zero-order chi connectivity index (χ0) is 20.6. The third-order valence-corrected chi connectivity index (χ3v) is 4.81. The van der Waals surface area contributed by atoms with Crippen LogP contribution in [0.3, 0.4) is 0 Å². The number of carbonyl (C=O) groups excluding carboxylic acids is 2. The molecule has 150 valence electrons. The predicted molar refractivity (Wildman–Crippen MR) is 104 cm³/mol. The summed E-state index contributed by atoms with van der Waals surface area (Å²) in [5.41, 5.74) is -0.977. The number of benzene rings is 2. The van der Waals surface area contributed by atoms with Crippen LogP contribution >= 0.6 is 0 Å². The van der Waals surface area contributed by atoms with Gasteiger partial charge in [0.1, 0.15) is 13.2 Å². The highest BCUT2D eigenvalue weighted by atomic mass is 32.2. The molecule has 0 fully saturated rings. The van der Waals surface area contributed by atoms with Crippen molar-refractivity contribution in [3.63, 3.8) is 0 Å². The van der Waals surface area contributed by atoms with Crippen LogP contribution in [0.15, 0.2) is 60.7 Å². The lowest BCUT2D eigenvalue weighted by Gasteiger charge is -2.25. The van der Waals surface area contributed by atoms with Crippen LogP contribution in [0, 0.1) is 4.78 Å². The molecule has 0 spiro atoms. The molecule has 2 rings (SSSR count). The van der Waals surface area contributed by atoms with Crippen molar-refractivity contribution in [1.82, 2.24) is 0 Å². The first kappa shape index (κ1) is 21.6. The molecule has 2 aromatic rings. The summed E-state index contributed by atoms with van der Waals surface area (Å²) in [5, 5.41) is 10.7. The average molecular weight is 405 g/mol. The fraction of sp³-hybridized carbons (Fsp3) is 0.300. The molecule has 1 unspecified atom stereocenters. The summed E-state index contributed by atoms with van der Waals surface area (Å²) >= 11 is 0. The maximum Gasteiger partial charge on any atom is 0.340 e. The van der Waals surface area contributed by atoms with E-state index in [1.807, 2.05) is 6.07 Å². The van der Waals surface area contributed by atoms with Crippen LogP contribution in [0.1, 0.15) is 17.5 Å². The van der Waals surface area contributed by atoms with Crippen molar-refractivity contribution in [1.29, 1.82) is 4.78 Å². The van der Waals surface area contributed by atoms with Crippen LogP contribution in [0.2, 0.25) is 0 Å². The van der Waals surface area contributed by atoms with E-state index in [2.05, 4.69) is 0 Å². The van der Waals surface area contributed by atoms with E-state index in [1.165, 1.54) is 0 Å². The molecule has 8 heteroatoms. The first-order chi connectivity index (χ1) is 13.2. The lowest BCUT2D eigenvalue weighted by atomic mass is 10.0. The Morgan fingerprint density at radius 2 is 1.43 bits per heavy atom. The number of hydrogen-bond acceptors (Lipinski definition) is 7. The summed E-state index contributed by atoms with van der Waals surface area (Å²) in [6.07, 6.45) is 0.328. The fourth-order valence-electron chi connectivity index (χ4n) is 2.52. The van der Waals surface area contributed by atoms with E-state index in [1.54, 1.807) is 54.6 Å². The summed E-state index contributed by atoms with van der Waals surface area (Å²) in [6, 6.07) is 17.7. The van der Waals surface area contributed by atoms with Gasteiger partial charge >= 0.3 is 11.9 Å². The van der Waals surface area contributed by atoms with E-state index in [0.717, 1.165) is 11.8 Å². The maximum absolute atomic E-state index is 12.4. The Balaban J connectivity index is 2.03. The Bertz CT molecular complexity index is 899. The molecule has 0 radical (unpaired) electrons. The number of aliphatic hydroxyl groups is 1. The van der Waals surface area contributed by atoms with Crippen LogP contribution in [-0.2, 0) is 42.0 Å². The minimum atomic E-state index is -3.28. The molecule has 0 bridgehead atoms. The lowest BCUT2D eigenvalue weighted by molar-refractivity contribution is -0.171. The second-order valence-corrected chi connectivity index (χ2v) is 8.86. The van der Waals surface area contributed by atoms with Crippen LogP contribution in [-0.4, -0.2) is 38.9 Å². The zero-order valence-corrected chi connectivity index (χ0v) is 16.3. The summed E-state index contributed by atoms with van der Waals surface area (Å²) in [6.45, 7) is -0.152. The van der Waals surface area contributed by atoms with Gasteiger partial charge in [0, 0.05) is 16.0 Å². The Hall–Kier alpha value is -2.71. The van der Waals surface area contributed by atoms with Crippen molar-refractivity contribution >= 4 is 21.7 Å². The van der Waals surface area contributed by atoms with Gasteiger partial charge in [-0.2, -0.15) is 0 Å². The Morgan fingerprint density at radius 3 is 1.89 bits per heavy atom. The largest absolute Gasteiger partial charge is 0.461 e. The summed E-state index contributed by atoms with van der Waals surface area (Å²) in [7, 11) is -3.28. The monoisotopic (exact) mass is 405 g/mol. The third kappa shape index (κ3) is 7.13.